The third-order valence-corrected chi connectivity index (χ3v) is 5.41. The van der Waals surface area contributed by atoms with Crippen molar-refractivity contribution in [3.63, 3.8) is 0 Å². The van der Waals surface area contributed by atoms with E-state index in [9.17, 15) is 0 Å². The van der Waals surface area contributed by atoms with Crippen molar-refractivity contribution in [2.24, 2.45) is 0 Å². The van der Waals surface area contributed by atoms with Crippen molar-refractivity contribution in [3.8, 4) is 11.4 Å². The Bertz CT molecular complexity index is 1030. The minimum absolute atomic E-state index is 0.773. The fourth-order valence-corrected chi connectivity index (χ4v) is 4.02. The minimum atomic E-state index is 0.773. The first-order valence-corrected chi connectivity index (χ1v) is 9.94. The summed E-state index contributed by atoms with van der Waals surface area (Å²) in [6, 6.07) is 19.0. The largest absolute Gasteiger partial charge is 0.344 e. The molecule has 0 spiro atoms. The summed E-state index contributed by atoms with van der Waals surface area (Å²) < 4.78 is 2.34. The van der Waals surface area contributed by atoms with E-state index in [1.807, 2.05) is 0 Å². The van der Waals surface area contributed by atoms with Crippen molar-refractivity contribution in [2.45, 2.75) is 33.2 Å². The highest BCUT2D eigenvalue weighted by Crippen LogP contribution is 2.37. The SMILES string of the molecule is C=C1Cc2nc(-c3ccccc3C)n(Cc3ccccc3)c2C(=C)N1CCC. The second-order valence-corrected chi connectivity index (χ2v) is 7.46. The molecular formula is C25H27N3. The van der Waals surface area contributed by atoms with Crippen LogP contribution in [-0.2, 0) is 13.0 Å². The Balaban J connectivity index is 1.90. The summed E-state index contributed by atoms with van der Waals surface area (Å²) in [5.41, 5.74) is 7.98. The minimum Gasteiger partial charge on any atom is -0.344 e. The molecule has 3 nitrogen and oxygen atoms in total. The van der Waals surface area contributed by atoms with E-state index in [1.165, 1.54) is 16.7 Å². The third kappa shape index (κ3) is 3.18. The molecule has 1 aliphatic heterocycles. The van der Waals surface area contributed by atoms with Gasteiger partial charge >= 0.3 is 0 Å². The first-order valence-electron chi connectivity index (χ1n) is 9.94. The summed E-state index contributed by atoms with van der Waals surface area (Å²) in [5, 5.41) is 0. The summed E-state index contributed by atoms with van der Waals surface area (Å²) in [4.78, 5) is 7.35. The van der Waals surface area contributed by atoms with Crippen molar-refractivity contribution in [1.82, 2.24) is 14.5 Å². The van der Waals surface area contributed by atoms with Crippen LogP contribution in [0.25, 0.3) is 17.1 Å². The van der Waals surface area contributed by atoms with Gasteiger partial charge in [-0.3, -0.25) is 0 Å². The van der Waals surface area contributed by atoms with Crippen molar-refractivity contribution >= 4 is 5.70 Å². The van der Waals surface area contributed by atoms with Crippen LogP contribution >= 0.6 is 0 Å². The third-order valence-electron chi connectivity index (χ3n) is 5.41. The van der Waals surface area contributed by atoms with Crippen molar-refractivity contribution in [2.75, 3.05) is 6.54 Å². The number of aryl methyl sites for hydroxylation is 1. The van der Waals surface area contributed by atoms with Crippen LogP contribution in [0.3, 0.4) is 0 Å². The molecule has 0 unspecified atom stereocenters. The molecule has 2 aromatic carbocycles. The quantitative estimate of drug-likeness (QED) is 0.579. The van der Waals surface area contributed by atoms with Crippen LogP contribution < -0.4 is 0 Å². The predicted molar refractivity (Wildman–Crippen MR) is 117 cm³/mol. The number of hydrogen-bond donors (Lipinski definition) is 0. The molecule has 1 aromatic heterocycles. The first kappa shape index (κ1) is 18.3. The lowest BCUT2D eigenvalue weighted by molar-refractivity contribution is 0.459. The molecule has 0 fully saturated rings. The molecule has 0 amide bonds. The monoisotopic (exact) mass is 369 g/mol. The van der Waals surface area contributed by atoms with E-state index in [0.717, 1.165) is 54.5 Å². The molecule has 0 bridgehead atoms. The van der Waals surface area contributed by atoms with Crippen LogP contribution in [0, 0.1) is 6.92 Å². The van der Waals surface area contributed by atoms with E-state index in [4.69, 9.17) is 4.98 Å². The molecular weight excluding hydrogens is 342 g/mol. The maximum atomic E-state index is 5.09. The zero-order chi connectivity index (χ0) is 19.7. The maximum absolute atomic E-state index is 5.09. The highest BCUT2D eigenvalue weighted by atomic mass is 15.2. The average Bonchev–Trinajstić information content (AvgIpc) is 3.04. The number of rotatable bonds is 5. The van der Waals surface area contributed by atoms with Gasteiger partial charge in [0.05, 0.1) is 17.1 Å². The molecule has 0 aliphatic carbocycles. The molecule has 0 N–H and O–H groups in total. The van der Waals surface area contributed by atoms with Gasteiger partial charge in [0.2, 0.25) is 0 Å². The smallest absolute Gasteiger partial charge is 0.141 e. The molecule has 1 aliphatic rings. The lowest BCUT2D eigenvalue weighted by Gasteiger charge is -2.33. The number of nitrogens with zero attached hydrogens (tertiary/aromatic N) is 3. The molecule has 28 heavy (non-hydrogen) atoms. The van der Waals surface area contributed by atoms with E-state index in [2.05, 4.69) is 91.1 Å². The fraction of sp³-hybridized carbons (Fsp3) is 0.240. The zero-order valence-corrected chi connectivity index (χ0v) is 16.8. The van der Waals surface area contributed by atoms with Gasteiger partial charge in [-0.2, -0.15) is 0 Å². The van der Waals surface area contributed by atoms with Gasteiger partial charge in [0.25, 0.3) is 0 Å². The lowest BCUT2D eigenvalue weighted by atomic mass is 10.0. The van der Waals surface area contributed by atoms with Gasteiger partial charge in [-0.15, -0.1) is 0 Å². The number of hydrogen-bond acceptors (Lipinski definition) is 2. The Hall–Kier alpha value is -3.07. The van der Waals surface area contributed by atoms with Crippen LogP contribution in [0.4, 0.5) is 0 Å². The van der Waals surface area contributed by atoms with Crippen LogP contribution in [0.5, 0.6) is 0 Å². The predicted octanol–water partition coefficient (Wildman–Crippen LogP) is 5.66. The van der Waals surface area contributed by atoms with E-state index in [-0.39, 0.29) is 0 Å². The Morgan fingerprint density at radius 2 is 1.71 bits per heavy atom. The number of allylic oxidation sites excluding steroid dienone is 1. The van der Waals surface area contributed by atoms with E-state index < -0.39 is 0 Å². The number of aromatic nitrogens is 2. The van der Waals surface area contributed by atoms with E-state index in [0.29, 0.717) is 0 Å². The molecule has 0 atom stereocenters. The second-order valence-electron chi connectivity index (χ2n) is 7.46. The second kappa shape index (κ2) is 7.51. The molecule has 142 valence electrons. The van der Waals surface area contributed by atoms with Crippen LogP contribution in [0.2, 0.25) is 0 Å². The van der Waals surface area contributed by atoms with E-state index >= 15 is 0 Å². The standard InChI is InChI=1S/C25H27N3/c1-5-15-27-19(3)16-23-24(20(27)4)28(17-21-12-7-6-8-13-21)25(26-23)22-14-10-9-11-18(22)2/h6-14H,3-5,15-17H2,1-2H3. The normalized spacial score (nSPS) is 13.7. The summed E-state index contributed by atoms with van der Waals surface area (Å²) in [5.74, 6) is 1.01. The fourth-order valence-electron chi connectivity index (χ4n) is 4.02. The highest BCUT2D eigenvalue weighted by Gasteiger charge is 2.29. The molecule has 2 heterocycles. The highest BCUT2D eigenvalue weighted by molar-refractivity contribution is 5.71. The van der Waals surface area contributed by atoms with Crippen molar-refractivity contribution < 1.29 is 0 Å². The summed E-state index contributed by atoms with van der Waals surface area (Å²) in [6.07, 6.45) is 1.83. The molecule has 0 saturated heterocycles. The van der Waals surface area contributed by atoms with Gasteiger partial charge in [-0.25, -0.2) is 4.98 Å². The molecule has 3 heteroatoms. The van der Waals surface area contributed by atoms with Crippen molar-refractivity contribution in [3.05, 3.63) is 96.0 Å². The van der Waals surface area contributed by atoms with Gasteiger partial charge in [-0.05, 0) is 24.5 Å². The summed E-state index contributed by atoms with van der Waals surface area (Å²) >= 11 is 0. The molecule has 0 saturated carbocycles. The van der Waals surface area contributed by atoms with Crippen LogP contribution in [0.15, 0.2) is 73.5 Å². The Morgan fingerprint density at radius 3 is 2.43 bits per heavy atom. The molecule has 0 radical (unpaired) electrons. The maximum Gasteiger partial charge on any atom is 0.141 e. The topological polar surface area (TPSA) is 21.1 Å². The first-order chi connectivity index (χ1) is 13.6. The average molecular weight is 370 g/mol. The van der Waals surface area contributed by atoms with Crippen molar-refractivity contribution in [1.29, 1.82) is 0 Å². The Labute approximate surface area is 167 Å². The number of fused-ring (bicyclic) bond motifs is 1. The Morgan fingerprint density at radius 1 is 1.00 bits per heavy atom. The summed E-state index contributed by atoms with van der Waals surface area (Å²) in [7, 11) is 0. The molecule has 3 aromatic rings. The van der Waals surface area contributed by atoms with Gasteiger partial charge in [0.15, 0.2) is 0 Å². The zero-order valence-electron chi connectivity index (χ0n) is 16.8. The lowest BCUT2D eigenvalue weighted by Crippen LogP contribution is -2.28. The van der Waals surface area contributed by atoms with Gasteiger partial charge in [0.1, 0.15) is 5.82 Å². The van der Waals surface area contributed by atoms with Gasteiger partial charge < -0.3 is 9.47 Å². The van der Waals surface area contributed by atoms with Gasteiger partial charge in [0, 0.05) is 30.8 Å². The number of imidazole rings is 1. The molecule has 4 rings (SSSR count). The summed E-state index contributed by atoms with van der Waals surface area (Å²) in [6.45, 7) is 14.8. The number of benzene rings is 2. The van der Waals surface area contributed by atoms with E-state index in [1.54, 1.807) is 0 Å². The Kier molecular flexibility index (Phi) is 4.91. The van der Waals surface area contributed by atoms with Gasteiger partial charge in [-0.1, -0.05) is 74.7 Å². The van der Waals surface area contributed by atoms with Crippen LogP contribution in [0.1, 0.15) is 35.9 Å². The van der Waals surface area contributed by atoms with Crippen LogP contribution in [-0.4, -0.2) is 21.0 Å².